The van der Waals surface area contributed by atoms with E-state index in [1.54, 1.807) is 25.1 Å². The van der Waals surface area contributed by atoms with Crippen LogP contribution in [0.1, 0.15) is 28.4 Å². The maximum atomic E-state index is 11.3. The van der Waals surface area contributed by atoms with Gasteiger partial charge in [-0.05, 0) is 36.2 Å². The van der Waals surface area contributed by atoms with Crippen LogP contribution in [-0.4, -0.2) is 10.9 Å². The van der Waals surface area contributed by atoms with Crippen LogP contribution in [0, 0.1) is 0 Å². The molecule has 0 heterocycles. The van der Waals surface area contributed by atoms with Crippen molar-refractivity contribution in [3.05, 3.63) is 65.2 Å². The number of phenols is 1. The van der Waals surface area contributed by atoms with Gasteiger partial charge < -0.3 is 5.11 Å². The van der Waals surface area contributed by atoms with Gasteiger partial charge in [-0.3, -0.25) is 4.79 Å². The standard InChI is InChI=1S/C16H14O2/c1-12(17)15-4-2-3-14(11-15)6-5-13-7-9-16(18)10-8-13/h2-11,18H,1H3/b6-5+. The lowest BCUT2D eigenvalue weighted by molar-refractivity contribution is 0.101. The molecule has 90 valence electrons. The summed E-state index contributed by atoms with van der Waals surface area (Å²) in [6, 6.07) is 14.4. The number of hydrogen-bond acceptors (Lipinski definition) is 2. The predicted molar refractivity (Wildman–Crippen MR) is 73.5 cm³/mol. The highest BCUT2D eigenvalue weighted by Gasteiger charge is 1.98. The SMILES string of the molecule is CC(=O)c1cccc(/C=C/c2ccc(O)cc2)c1. The molecule has 0 unspecified atom stereocenters. The molecule has 0 amide bonds. The Morgan fingerprint density at radius 3 is 2.33 bits per heavy atom. The third kappa shape index (κ3) is 3.08. The smallest absolute Gasteiger partial charge is 0.159 e. The zero-order valence-corrected chi connectivity index (χ0v) is 10.1. The summed E-state index contributed by atoms with van der Waals surface area (Å²) in [5, 5.41) is 9.18. The lowest BCUT2D eigenvalue weighted by Gasteiger charge is -1.98. The Morgan fingerprint density at radius 2 is 1.67 bits per heavy atom. The molecule has 2 rings (SSSR count). The first-order valence-electron chi connectivity index (χ1n) is 5.73. The lowest BCUT2D eigenvalue weighted by Crippen LogP contribution is -1.91. The zero-order chi connectivity index (χ0) is 13.0. The molecule has 0 aromatic heterocycles. The number of ketones is 1. The molecule has 0 spiro atoms. The normalized spacial score (nSPS) is 10.7. The number of Topliss-reactive ketones (excluding diaryl/α,β-unsaturated/α-hetero) is 1. The minimum absolute atomic E-state index is 0.0647. The van der Waals surface area contributed by atoms with E-state index < -0.39 is 0 Å². The van der Waals surface area contributed by atoms with E-state index in [9.17, 15) is 9.90 Å². The number of carbonyl (C=O) groups excluding carboxylic acids is 1. The Hall–Kier alpha value is -2.35. The van der Waals surface area contributed by atoms with Crippen molar-refractivity contribution in [3.8, 4) is 5.75 Å². The van der Waals surface area contributed by atoms with Crippen LogP contribution >= 0.6 is 0 Å². The van der Waals surface area contributed by atoms with Crippen molar-refractivity contribution in [2.24, 2.45) is 0 Å². The molecule has 0 saturated carbocycles. The van der Waals surface area contributed by atoms with Gasteiger partial charge in [-0.25, -0.2) is 0 Å². The maximum Gasteiger partial charge on any atom is 0.159 e. The molecule has 2 aromatic rings. The number of hydrogen-bond donors (Lipinski definition) is 1. The highest BCUT2D eigenvalue weighted by atomic mass is 16.3. The summed E-state index contributed by atoms with van der Waals surface area (Å²) in [4.78, 5) is 11.3. The monoisotopic (exact) mass is 238 g/mol. The van der Waals surface area contributed by atoms with Crippen LogP contribution in [0.25, 0.3) is 12.2 Å². The van der Waals surface area contributed by atoms with E-state index in [1.807, 2.05) is 42.5 Å². The van der Waals surface area contributed by atoms with Gasteiger partial charge >= 0.3 is 0 Å². The summed E-state index contributed by atoms with van der Waals surface area (Å²) in [7, 11) is 0. The topological polar surface area (TPSA) is 37.3 Å². The lowest BCUT2D eigenvalue weighted by atomic mass is 10.1. The van der Waals surface area contributed by atoms with E-state index in [4.69, 9.17) is 0 Å². The quantitative estimate of drug-likeness (QED) is 0.653. The van der Waals surface area contributed by atoms with E-state index in [0.29, 0.717) is 5.56 Å². The Kier molecular flexibility index (Phi) is 3.58. The summed E-state index contributed by atoms with van der Waals surface area (Å²) < 4.78 is 0. The number of phenolic OH excluding ortho intramolecular Hbond substituents is 1. The van der Waals surface area contributed by atoms with Crippen molar-refractivity contribution in [2.45, 2.75) is 6.92 Å². The molecule has 0 radical (unpaired) electrons. The Balaban J connectivity index is 2.20. The molecule has 0 fully saturated rings. The molecule has 0 aliphatic rings. The van der Waals surface area contributed by atoms with Crippen molar-refractivity contribution in [3.63, 3.8) is 0 Å². The fourth-order valence-corrected chi connectivity index (χ4v) is 1.64. The third-order valence-corrected chi connectivity index (χ3v) is 2.65. The van der Waals surface area contributed by atoms with Gasteiger partial charge in [0.2, 0.25) is 0 Å². The summed E-state index contributed by atoms with van der Waals surface area (Å²) in [6.45, 7) is 1.56. The molecule has 18 heavy (non-hydrogen) atoms. The zero-order valence-electron chi connectivity index (χ0n) is 10.1. The molecule has 2 nitrogen and oxygen atoms in total. The first kappa shape index (κ1) is 12.1. The van der Waals surface area contributed by atoms with Gasteiger partial charge in [-0.15, -0.1) is 0 Å². The molecule has 1 N–H and O–H groups in total. The van der Waals surface area contributed by atoms with E-state index in [2.05, 4.69) is 0 Å². The molecule has 0 saturated heterocycles. The molecular formula is C16H14O2. The van der Waals surface area contributed by atoms with Crippen LogP contribution in [-0.2, 0) is 0 Å². The second kappa shape index (κ2) is 5.32. The molecule has 0 aliphatic carbocycles. The fourth-order valence-electron chi connectivity index (χ4n) is 1.64. The van der Waals surface area contributed by atoms with Gasteiger partial charge in [-0.1, -0.05) is 42.5 Å². The van der Waals surface area contributed by atoms with E-state index >= 15 is 0 Å². The molecule has 0 aliphatic heterocycles. The molecule has 0 bridgehead atoms. The van der Waals surface area contributed by atoms with Crippen LogP contribution in [0.3, 0.4) is 0 Å². The minimum Gasteiger partial charge on any atom is -0.508 e. The maximum absolute atomic E-state index is 11.3. The van der Waals surface area contributed by atoms with Crippen LogP contribution < -0.4 is 0 Å². The van der Waals surface area contributed by atoms with E-state index in [0.717, 1.165) is 11.1 Å². The van der Waals surface area contributed by atoms with Crippen molar-refractivity contribution in [1.29, 1.82) is 0 Å². The highest BCUT2D eigenvalue weighted by molar-refractivity contribution is 5.94. The first-order valence-corrected chi connectivity index (χ1v) is 5.73. The van der Waals surface area contributed by atoms with Gasteiger partial charge in [0.15, 0.2) is 5.78 Å². The second-order valence-corrected chi connectivity index (χ2v) is 4.11. The van der Waals surface area contributed by atoms with Gasteiger partial charge in [-0.2, -0.15) is 0 Å². The molecule has 0 atom stereocenters. The summed E-state index contributed by atoms with van der Waals surface area (Å²) in [5.41, 5.74) is 2.69. The van der Waals surface area contributed by atoms with E-state index in [1.165, 1.54) is 0 Å². The molecule has 2 heteroatoms. The Labute approximate surface area is 106 Å². The van der Waals surface area contributed by atoms with Gasteiger partial charge in [0.25, 0.3) is 0 Å². The third-order valence-electron chi connectivity index (χ3n) is 2.65. The van der Waals surface area contributed by atoms with Crippen LogP contribution in [0.15, 0.2) is 48.5 Å². The minimum atomic E-state index is 0.0647. The highest BCUT2D eigenvalue weighted by Crippen LogP contribution is 2.13. The van der Waals surface area contributed by atoms with Crippen LogP contribution in [0.2, 0.25) is 0 Å². The van der Waals surface area contributed by atoms with Crippen molar-refractivity contribution >= 4 is 17.9 Å². The average Bonchev–Trinajstić information content (AvgIpc) is 2.38. The van der Waals surface area contributed by atoms with Gasteiger partial charge in [0, 0.05) is 5.56 Å². The first-order chi connectivity index (χ1) is 8.65. The van der Waals surface area contributed by atoms with Crippen molar-refractivity contribution < 1.29 is 9.90 Å². The second-order valence-electron chi connectivity index (χ2n) is 4.11. The van der Waals surface area contributed by atoms with Crippen LogP contribution in [0.5, 0.6) is 5.75 Å². The number of benzene rings is 2. The largest absolute Gasteiger partial charge is 0.508 e. The summed E-state index contributed by atoms with van der Waals surface area (Å²) >= 11 is 0. The number of carbonyl (C=O) groups is 1. The molecular weight excluding hydrogens is 224 g/mol. The number of rotatable bonds is 3. The Morgan fingerprint density at radius 1 is 1.00 bits per heavy atom. The van der Waals surface area contributed by atoms with Crippen molar-refractivity contribution in [2.75, 3.05) is 0 Å². The number of aromatic hydroxyl groups is 1. The fraction of sp³-hybridized carbons (Fsp3) is 0.0625. The summed E-state index contributed by atoms with van der Waals surface area (Å²) in [6.07, 6.45) is 3.89. The Bertz CT molecular complexity index is 580. The van der Waals surface area contributed by atoms with Crippen LogP contribution in [0.4, 0.5) is 0 Å². The molecule has 2 aromatic carbocycles. The van der Waals surface area contributed by atoms with E-state index in [-0.39, 0.29) is 11.5 Å². The van der Waals surface area contributed by atoms with Crippen molar-refractivity contribution in [1.82, 2.24) is 0 Å². The van der Waals surface area contributed by atoms with Gasteiger partial charge in [0.05, 0.1) is 0 Å². The predicted octanol–water partition coefficient (Wildman–Crippen LogP) is 3.77. The summed E-state index contributed by atoms with van der Waals surface area (Å²) in [5.74, 6) is 0.320. The average molecular weight is 238 g/mol. The van der Waals surface area contributed by atoms with Gasteiger partial charge in [0.1, 0.15) is 5.75 Å².